The molecule has 5 nitrogen and oxygen atoms in total. The van der Waals surface area contributed by atoms with Gasteiger partial charge in [-0.25, -0.2) is 9.59 Å². The van der Waals surface area contributed by atoms with Crippen molar-refractivity contribution in [2.45, 2.75) is 46.0 Å². The maximum atomic E-state index is 11.6. The standard InChI is InChI=1S/C17H29NO4/c1-4-14-10-13(3)15(11-14)12-18-17(20)22-9-7-6-8-21-16(19)5-2/h5,13-15H,2,4,6-12H2,1,3H3,(H,18,20). The van der Waals surface area contributed by atoms with Crippen molar-refractivity contribution in [1.29, 1.82) is 0 Å². The van der Waals surface area contributed by atoms with E-state index < -0.39 is 5.97 Å². The topological polar surface area (TPSA) is 64.6 Å². The molecule has 0 aromatic carbocycles. The molecule has 0 bridgehead atoms. The fourth-order valence-corrected chi connectivity index (χ4v) is 2.96. The third-order valence-corrected chi connectivity index (χ3v) is 4.41. The Morgan fingerprint density at radius 1 is 1.23 bits per heavy atom. The summed E-state index contributed by atoms with van der Waals surface area (Å²) in [5.74, 6) is 1.62. The van der Waals surface area contributed by atoms with Gasteiger partial charge in [0, 0.05) is 12.6 Å². The van der Waals surface area contributed by atoms with Crippen LogP contribution in [0.5, 0.6) is 0 Å². The number of alkyl carbamates (subject to hydrolysis) is 1. The molecular formula is C17H29NO4. The second-order valence-electron chi connectivity index (χ2n) is 6.08. The molecule has 1 aliphatic rings. The average Bonchev–Trinajstić information content (AvgIpc) is 2.88. The van der Waals surface area contributed by atoms with Gasteiger partial charge in [-0.3, -0.25) is 0 Å². The summed E-state index contributed by atoms with van der Waals surface area (Å²) < 4.78 is 9.95. The van der Waals surface area contributed by atoms with Gasteiger partial charge >= 0.3 is 12.1 Å². The van der Waals surface area contributed by atoms with Gasteiger partial charge in [-0.2, -0.15) is 0 Å². The third-order valence-electron chi connectivity index (χ3n) is 4.41. The Morgan fingerprint density at radius 2 is 1.91 bits per heavy atom. The van der Waals surface area contributed by atoms with Crippen molar-refractivity contribution in [3.63, 3.8) is 0 Å². The summed E-state index contributed by atoms with van der Waals surface area (Å²) in [5, 5.41) is 2.86. The van der Waals surface area contributed by atoms with Gasteiger partial charge < -0.3 is 14.8 Å². The van der Waals surface area contributed by atoms with Gasteiger partial charge in [0.15, 0.2) is 0 Å². The Hall–Kier alpha value is -1.52. The van der Waals surface area contributed by atoms with Gasteiger partial charge in [0.25, 0.3) is 0 Å². The van der Waals surface area contributed by atoms with Gasteiger partial charge in [0.2, 0.25) is 0 Å². The number of rotatable bonds is 9. The predicted molar refractivity (Wildman–Crippen MR) is 85.4 cm³/mol. The smallest absolute Gasteiger partial charge is 0.407 e. The van der Waals surface area contributed by atoms with Crippen LogP contribution in [0.3, 0.4) is 0 Å². The molecule has 3 unspecified atom stereocenters. The normalized spacial score (nSPS) is 23.8. The molecule has 0 radical (unpaired) electrons. The lowest BCUT2D eigenvalue weighted by Crippen LogP contribution is -2.31. The molecule has 22 heavy (non-hydrogen) atoms. The first-order valence-corrected chi connectivity index (χ1v) is 8.26. The molecule has 0 saturated heterocycles. The van der Waals surface area contributed by atoms with E-state index in [4.69, 9.17) is 9.47 Å². The van der Waals surface area contributed by atoms with E-state index in [1.54, 1.807) is 0 Å². The highest BCUT2D eigenvalue weighted by molar-refractivity contribution is 5.81. The fraction of sp³-hybridized carbons (Fsp3) is 0.765. The van der Waals surface area contributed by atoms with Crippen LogP contribution in [-0.4, -0.2) is 31.8 Å². The van der Waals surface area contributed by atoms with Crippen LogP contribution in [0.4, 0.5) is 4.79 Å². The minimum atomic E-state index is -0.422. The Labute approximate surface area is 133 Å². The number of nitrogens with one attached hydrogen (secondary N) is 1. The summed E-state index contributed by atoms with van der Waals surface area (Å²) in [6.45, 7) is 9.18. The number of hydrogen-bond donors (Lipinski definition) is 1. The zero-order valence-corrected chi connectivity index (χ0v) is 13.8. The number of esters is 1. The molecule has 5 heteroatoms. The van der Waals surface area contributed by atoms with Crippen LogP contribution in [0, 0.1) is 17.8 Å². The van der Waals surface area contributed by atoms with Gasteiger partial charge in [-0.1, -0.05) is 26.8 Å². The summed E-state index contributed by atoms with van der Waals surface area (Å²) in [6.07, 6.45) is 5.82. The van der Waals surface area contributed by atoms with Crippen LogP contribution in [0.1, 0.15) is 46.0 Å². The maximum absolute atomic E-state index is 11.6. The van der Waals surface area contributed by atoms with Gasteiger partial charge in [-0.15, -0.1) is 0 Å². The van der Waals surface area contributed by atoms with E-state index in [1.807, 2.05) is 0 Å². The SMILES string of the molecule is C=CC(=O)OCCCCOC(=O)NCC1CC(CC)CC1C. The zero-order chi connectivity index (χ0) is 16.4. The third kappa shape index (κ3) is 6.96. The lowest BCUT2D eigenvalue weighted by atomic mass is 9.98. The van der Waals surface area contributed by atoms with Crippen LogP contribution >= 0.6 is 0 Å². The maximum Gasteiger partial charge on any atom is 0.407 e. The highest BCUT2D eigenvalue weighted by Gasteiger charge is 2.30. The zero-order valence-electron chi connectivity index (χ0n) is 13.8. The molecule has 1 N–H and O–H groups in total. The highest BCUT2D eigenvalue weighted by atomic mass is 16.5. The number of unbranched alkanes of at least 4 members (excludes halogenated alkanes) is 1. The molecule has 1 saturated carbocycles. The molecule has 126 valence electrons. The first kappa shape index (κ1) is 18.5. The Balaban J connectivity index is 2.02. The van der Waals surface area contributed by atoms with E-state index in [0.717, 1.165) is 12.0 Å². The number of carbonyl (C=O) groups is 2. The number of carbonyl (C=O) groups excluding carboxylic acids is 2. The van der Waals surface area contributed by atoms with Crippen molar-refractivity contribution >= 4 is 12.1 Å². The Bertz CT molecular complexity index is 370. The van der Waals surface area contributed by atoms with Crippen LogP contribution in [-0.2, 0) is 14.3 Å². The van der Waals surface area contributed by atoms with Crippen LogP contribution in [0.25, 0.3) is 0 Å². The van der Waals surface area contributed by atoms with E-state index in [-0.39, 0.29) is 6.09 Å². The molecule has 1 rings (SSSR count). The molecule has 0 aliphatic heterocycles. The average molecular weight is 311 g/mol. The first-order chi connectivity index (χ1) is 10.6. The minimum absolute atomic E-state index is 0.327. The first-order valence-electron chi connectivity index (χ1n) is 8.26. The molecule has 1 aliphatic carbocycles. The Kier molecular flexibility index (Phi) is 8.63. The number of amides is 1. The van der Waals surface area contributed by atoms with E-state index in [2.05, 4.69) is 25.7 Å². The van der Waals surface area contributed by atoms with Crippen molar-refractivity contribution in [2.24, 2.45) is 17.8 Å². The van der Waals surface area contributed by atoms with E-state index in [0.29, 0.717) is 44.4 Å². The van der Waals surface area contributed by atoms with Crippen LogP contribution in [0.2, 0.25) is 0 Å². The molecule has 0 spiro atoms. The summed E-state index contributed by atoms with van der Waals surface area (Å²) in [5.41, 5.74) is 0. The molecule has 1 fully saturated rings. The van der Waals surface area contributed by atoms with Gasteiger partial charge in [0.05, 0.1) is 13.2 Å². The van der Waals surface area contributed by atoms with Crippen molar-refractivity contribution in [1.82, 2.24) is 5.32 Å². The summed E-state index contributed by atoms with van der Waals surface area (Å²) in [6, 6.07) is 0. The molecular weight excluding hydrogens is 282 g/mol. The lowest BCUT2D eigenvalue weighted by molar-refractivity contribution is -0.137. The van der Waals surface area contributed by atoms with Crippen LogP contribution < -0.4 is 5.32 Å². The van der Waals surface area contributed by atoms with Crippen molar-refractivity contribution in [3.05, 3.63) is 12.7 Å². The lowest BCUT2D eigenvalue weighted by Gasteiger charge is -2.15. The molecule has 0 heterocycles. The molecule has 1 amide bonds. The summed E-state index contributed by atoms with van der Waals surface area (Å²) in [7, 11) is 0. The minimum Gasteiger partial charge on any atom is -0.463 e. The van der Waals surface area contributed by atoms with E-state index in [1.165, 1.54) is 19.3 Å². The van der Waals surface area contributed by atoms with Crippen molar-refractivity contribution in [3.8, 4) is 0 Å². The van der Waals surface area contributed by atoms with Crippen molar-refractivity contribution < 1.29 is 19.1 Å². The van der Waals surface area contributed by atoms with Gasteiger partial charge in [-0.05, 0) is 43.4 Å². The number of ether oxygens (including phenoxy) is 2. The summed E-state index contributed by atoms with van der Waals surface area (Å²) >= 11 is 0. The monoisotopic (exact) mass is 311 g/mol. The largest absolute Gasteiger partial charge is 0.463 e. The predicted octanol–water partition coefficient (Wildman–Crippen LogP) is 3.29. The van der Waals surface area contributed by atoms with Crippen LogP contribution in [0.15, 0.2) is 12.7 Å². The molecule has 0 aromatic heterocycles. The quantitative estimate of drug-likeness (QED) is 0.403. The van der Waals surface area contributed by atoms with Gasteiger partial charge in [0.1, 0.15) is 0 Å². The second-order valence-corrected chi connectivity index (χ2v) is 6.08. The number of hydrogen-bond acceptors (Lipinski definition) is 4. The fourth-order valence-electron chi connectivity index (χ4n) is 2.96. The highest BCUT2D eigenvalue weighted by Crippen LogP contribution is 2.37. The van der Waals surface area contributed by atoms with Crippen molar-refractivity contribution in [2.75, 3.05) is 19.8 Å². The van der Waals surface area contributed by atoms with E-state index >= 15 is 0 Å². The molecule has 0 aromatic rings. The Morgan fingerprint density at radius 3 is 2.50 bits per heavy atom. The van der Waals surface area contributed by atoms with E-state index in [9.17, 15) is 9.59 Å². The molecule has 3 atom stereocenters. The summed E-state index contributed by atoms with van der Waals surface area (Å²) in [4.78, 5) is 22.4. The second kappa shape index (κ2) is 10.2.